The van der Waals surface area contributed by atoms with E-state index in [2.05, 4.69) is 11.9 Å². The molecule has 1 unspecified atom stereocenters. The summed E-state index contributed by atoms with van der Waals surface area (Å²) < 4.78 is 5.08. The number of carboxylic acids is 1. The van der Waals surface area contributed by atoms with Crippen LogP contribution in [0.3, 0.4) is 0 Å². The molecule has 0 aromatic heterocycles. The fourth-order valence-corrected chi connectivity index (χ4v) is 1.86. The number of ether oxygens (including phenoxy) is 1. The van der Waals surface area contributed by atoms with Gasteiger partial charge < -0.3 is 15.2 Å². The highest BCUT2D eigenvalue weighted by Crippen LogP contribution is 2.10. The third kappa shape index (κ3) is 6.43. The van der Waals surface area contributed by atoms with E-state index < -0.39 is 23.7 Å². The molecule has 0 aliphatic carbocycles. The SMILES string of the molecule is C=CCc1ccc(CC(NC(=O)OC(C)(C)C)C(=O)O)cc1. The number of carbonyl (C=O) groups excluding carboxylic acids is 1. The Morgan fingerprint density at radius 3 is 2.27 bits per heavy atom. The molecule has 0 aliphatic heterocycles. The molecule has 0 heterocycles. The quantitative estimate of drug-likeness (QED) is 0.792. The van der Waals surface area contributed by atoms with Crippen molar-refractivity contribution in [1.82, 2.24) is 5.32 Å². The van der Waals surface area contributed by atoms with Crippen molar-refractivity contribution in [1.29, 1.82) is 0 Å². The van der Waals surface area contributed by atoms with Crippen molar-refractivity contribution in [3.05, 3.63) is 48.0 Å². The van der Waals surface area contributed by atoms with Gasteiger partial charge in [-0.1, -0.05) is 30.3 Å². The van der Waals surface area contributed by atoms with Gasteiger partial charge in [0.25, 0.3) is 0 Å². The molecule has 22 heavy (non-hydrogen) atoms. The number of amides is 1. The minimum Gasteiger partial charge on any atom is -0.480 e. The van der Waals surface area contributed by atoms with Gasteiger partial charge in [0.15, 0.2) is 0 Å². The zero-order valence-corrected chi connectivity index (χ0v) is 13.3. The van der Waals surface area contributed by atoms with Crippen LogP contribution in [0.25, 0.3) is 0 Å². The van der Waals surface area contributed by atoms with Crippen molar-refractivity contribution in [3.8, 4) is 0 Å². The molecule has 1 aromatic carbocycles. The van der Waals surface area contributed by atoms with Crippen LogP contribution in [0.1, 0.15) is 31.9 Å². The molecular formula is C17H23NO4. The van der Waals surface area contributed by atoms with Crippen LogP contribution in [-0.2, 0) is 22.4 Å². The van der Waals surface area contributed by atoms with E-state index in [0.29, 0.717) is 0 Å². The first-order valence-electron chi connectivity index (χ1n) is 7.12. The normalized spacial score (nSPS) is 12.3. The molecule has 120 valence electrons. The molecule has 1 aromatic rings. The molecule has 2 N–H and O–H groups in total. The fraction of sp³-hybridized carbons (Fsp3) is 0.412. The van der Waals surface area contributed by atoms with Crippen molar-refractivity contribution >= 4 is 12.1 Å². The summed E-state index contributed by atoms with van der Waals surface area (Å²) in [7, 11) is 0. The van der Waals surface area contributed by atoms with E-state index in [0.717, 1.165) is 17.5 Å². The lowest BCUT2D eigenvalue weighted by Crippen LogP contribution is -2.44. The molecule has 5 nitrogen and oxygen atoms in total. The first-order valence-corrected chi connectivity index (χ1v) is 7.12. The van der Waals surface area contributed by atoms with E-state index in [1.165, 1.54) is 0 Å². The minimum atomic E-state index is -1.10. The molecule has 0 radical (unpaired) electrons. The Bertz CT molecular complexity index is 529. The molecule has 0 aliphatic rings. The van der Waals surface area contributed by atoms with Gasteiger partial charge in [-0.3, -0.25) is 0 Å². The molecule has 1 amide bonds. The van der Waals surface area contributed by atoms with Gasteiger partial charge in [0.2, 0.25) is 0 Å². The standard InChI is InChI=1S/C17H23NO4/c1-5-6-12-7-9-13(10-8-12)11-14(15(19)20)18-16(21)22-17(2,3)4/h5,7-10,14H,1,6,11H2,2-4H3,(H,18,21)(H,19,20). The first-order chi connectivity index (χ1) is 10.2. The van der Waals surface area contributed by atoms with E-state index >= 15 is 0 Å². The van der Waals surface area contributed by atoms with Crippen molar-refractivity contribution in [2.45, 2.75) is 45.3 Å². The maximum absolute atomic E-state index is 11.7. The molecule has 1 atom stereocenters. The number of carbonyl (C=O) groups is 2. The summed E-state index contributed by atoms with van der Waals surface area (Å²) in [6, 6.07) is 6.52. The van der Waals surface area contributed by atoms with Gasteiger partial charge in [-0.15, -0.1) is 6.58 Å². The lowest BCUT2D eigenvalue weighted by molar-refractivity contribution is -0.139. The van der Waals surface area contributed by atoms with Crippen molar-refractivity contribution in [2.75, 3.05) is 0 Å². The second-order valence-corrected chi connectivity index (χ2v) is 6.05. The summed E-state index contributed by atoms with van der Waals surface area (Å²) in [4.78, 5) is 23.0. The van der Waals surface area contributed by atoms with Crippen LogP contribution in [0.15, 0.2) is 36.9 Å². The van der Waals surface area contributed by atoms with E-state index in [9.17, 15) is 14.7 Å². The minimum absolute atomic E-state index is 0.197. The van der Waals surface area contributed by atoms with E-state index in [-0.39, 0.29) is 6.42 Å². The van der Waals surface area contributed by atoms with Gasteiger partial charge in [-0.25, -0.2) is 9.59 Å². The van der Waals surface area contributed by atoms with Crippen molar-refractivity contribution < 1.29 is 19.4 Å². The summed E-state index contributed by atoms with van der Waals surface area (Å²) >= 11 is 0. The lowest BCUT2D eigenvalue weighted by atomic mass is 10.0. The number of aliphatic carboxylic acids is 1. The number of hydrogen-bond donors (Lipinski definition) is 2. The van der Waals surface area contributed by atoms with Gasteiger partial charge in [-0.05, 0) is 38.3 Å². The molecule has 1 rings (SSSR count). The van der Waals surface area contributed by atoms with Crippen LogP contribution in [0.4, 0.5) is 4.79 Å². The zero-order chi connectivity index (χ0) is 16.8. The molecular weight excluding hydrogens is 282 g/mol. The molecule has 0 bridgehead atoms. The van der Waals surface area contributed by atoms with Crippen LogP contribution in [0.5, 0.6) is 0 Å². The largest absolute Gasteiger partial charge is 0.480 e. The Balaban J connectivity index is 2.70. The predicted molar refractivity (Wildman–Crippen MR) is 84.8 cm³/mol. The van der Waals surface area contributed by atoms with Gasteiger partial charge in [0.05, 0.1) is 0 Å². The average Bonchev–Trinajstić information content (AvgIpc) is 2.38. The van der Waals surface area contributed by atoms with Gasteiger partial charge >= 0.3 is 12.1 Å². The number of carboxylic acid groups (broad SMARTS) is 1. The summed E-state index contributed by atoms with van der Waals surface area (Å²) in [5.74, 6) is -1.10. The lowest BCUT2D eigenvalue weighted by Gasteiger charge is -2.22. The highest BCUT2D eigenvalue weighted by molar-refractivity contribution is 5.80. The summed E-state index contributed by atoms with van der Waals surface area (Å²) in [6.45, 7) is 8.84. The molecule has 0 saturated heterocycles. The zero-order valence-electron chi connectivity index (χ0n) is 13.3. The van der Waals surface area contributed by atoms with Gasteiger partial charge in [0, 0.05) is 6.42 Å². The average molecular weight is 305 g/mol. The van der Waals surface area contributed by atoms with Crippen molar-refractivity contribution in [2.24, 2.45) is 0 Å². The monoisotopic (exact) mass is 305 g/mol. The second kappa shape index (κ2) is 7.64. The maximum Gasteiger partial charge on any atom is 0.408 e. The number of nitrogens with one attached hydrogen (secondary N) is 1. The molecule has 0 fully saturated rings. The molecule has 0 saturated carbocycles. The van der Waals surface area contributed by atoms with Crippen molar-refractivity contribution in [3.63, 3.8) is 0 Å². The van der Waals surface area contributed by atoms with Crippen LogP contribution in [-0.4, -0.2) is 28.8 Å². The van der Waals surface area contributed by atoms with Crippen LogP contribution < -0.4 is 5.32 Å². The Morgan fingerprint density at radius 1 is 1.27 bits per heavy atom. The molecule has 5 heteroatoms. The number of hydrogen-bond acceptors (Lipinski definition) is 3. The number of rotatable bonds is 6. The Kier molecular flexibility index (Phi) is 6.16. The molecule has 0 spiro atoms. The summed E-state index contributed by atoms with van der Waals surface area (Å²) in [5, 5.41) is 11.6. The Morgan fingerprint density at radius 2 is 1.82 bits per heavy atom. The first kappa shape index (κ1) is 17.8. The predicted octanol–water partition coefficient (Wildman–Crippen LogP) is 2.94. The maximum atomic E-state index is 11.7. The third-order valence-corrected chi connectivity index (χ3v) is 2.83. The topological polar surface area (TPSA) is 75.6 Å². The third-order valence-electron chi connectivity index (χ3n) is 2.83. The highest BCUT2D eigenvalue weighted by Gasteiger charge is 2.24. The van der Waals surface area contributed by atoms with E-state index in [1.807, 2.05) is 24.3 Å². The van der Waals surface area contributed by atoms with Gasteiger partial charge in [0.1, 0.15) is 11.6 Å². The number of allylic oxidation sites excluding steroid dienone is 1. The number of alkyl carbamates (subject to hydrolysis) is 1. The Labute approximate surface area is 131 Å². The summed E-state index contributed by atoms with van der Waals surface area (Å²) in [5.41, 5.74) is 1.27. The summed E-state index contributed by atoms with van der Waals surface area (Å²) in [6.07, 6.45) is 2.03. The smallest absolute Gasteiger partial charge is 0.408 e. The highest BCUT2D eigenvalue weighted by atomic mass is 16.6. The number of benzene rings is 1. The van der Waals surface area contributed by atoms with Crippen LogP contribution in [0, 0.1) is 0 Å². The van der Waals surface area contributed by atoms with Gasteiger partial charge in [-0.2, -0.15) is 0 Å². The second-order valence-electron chi connectivity index (χ2n) is 6.05. The van der Waals surface area contributed by atoms with Crippen LogP contribution in [0.2, 0.25) is 0 Å². The Hall–Kier alpha value is -2.30. The fourth-order valence-electron chi connectivity index (χ4n) is 1.86. The van der Waals surface area contributed by atoms with E-state index in [1.54, 1.807) is 26.8 Å². The van der Waals surface area contributed by atoms with E-state index in [4.69, 9.17) is 4.74 Å². The van der Waals surface area contributed by atoms with Crippen LogP contribution >= 0.6 is 0 Å².